The summed E-state index contributed by atoms with van der Waals surface area (Å²) in [6.07, 6.45) is 0. The van der Waals surface area contributed by atoms with Crippen LogP contribution >= 0.6 is 0 Å². The van der Waals surface area contributed by atoms with Gasteiger partial charge in [-0.25, -0.2) is 4.39 Å². The van der Waals surface area contributed by atoms with Crippen LogP contribution in [0, 0.1) is 12.7 Å². The largest absolute Gasteiger partial charge is 0.399 e. The first-order chi connectivity index (χ1) is 8.50. The lowest BCUT2D eigenvalue weighted by Gasteiger charge is -2.11. The Morgan fingerprint density at radius 2 is 1.61 bits per heavy atom. The summed E-state index contributed by atoms with van der Waals surface area (Å²) in [5.74, 6) is -0.922. The van der Waals surface area contributed by atoms with Crippen molar-refractivity contribution in [3.63, 3.8) is 0 Å². The molecule has 94 valence electrons. The quantitative estimate of drug-likeness (QED) is 0.647. The standard InChI is InChI=1S/C13H11F3N2/c1-8-11(9-2-4-10(17)5-3-9)6-7-12(13(8)14)18(15)16/h2-7H,17H2,1H3. The van der Waals surface area contributed by atoms with Gasteiger partial charge in [-0.05, 0) is 47.2 Å². The van der Waals surface area contributed by atoms with Gasteiger partial charge in [-0.3, -0.25) is 0 Å². The lowest BCUT2D eigenvalue weighted by atomic mass is 9.99. The topological polar surface area (TPSA) is 29.3 Å². The van der Waals surface area contributed by atoms with Gasteiger partial charge in [0.05, 0.1) is 0 Å². The van der Waals surface area contributed by atoms with Crippen molar-refractivity contribution >= 4 is 11.4 Å². The van der Waals surface area contributed by atoms with Crippen molar-refractivity contribution in [3.05, 3.63) is 47.8 Å². The summed E-state index contributed by atoms with van der Waals surface area (Å²) >= 11 is 0. The van der Waals surface area contributed by atoms with Crippen LogP contribution in [0.3, 0.4) is 0 Å². The van der Waals surface area contributed by atoms with Crippen molar-refractivity contribution < 1.29 is 13.4 Å². The fraction of sp³-hybridized carbons (Fsp3) is 0.0769. The lowest BCUT2D eigenvalue weighted by molar-refractivity contribution is 0.231. The van der Waals surface area contributed by atoms with Crippen LogP contribution in [0.5, 0.6) is 0 Å². The van der Waals surface area contributed by atoms with Crippen LogP contribution in [-0.2, 0) is 0 Å². The number of benzene rings is 2. The molecular formula is C13H11F3N2. The third-order valence-corrected chi connectivity index (χ3v) is 2.77. The maximum atomic E-state index is 13.7. The molecule has 0 aromatic heterocycles. The van der Waals surface area contributed by atoms with Gasteiger partial charge in [0, 0.05) is 5.69 Å². The second-order valence-electron chi connectivity index (χ2n) is 3.93. The van der Waals surface area contributed by atoms with Crippen molar-refractivity contribution in [1.82, 2.24) is 0 Å². The van der Waals surface area contributed by atoms with Crippen LogP contribution in [0.4, 0.5) is 24.7 Å². The van der Waals surface area contributed by atoms with Crippen LogP contribution in [0.15, 0.2) is 36.4 Å². The van der Waals surface area contributed by atoms with Gasteiger partial charge in [0.25, 0.3) is 0 Å². The van der Waals surface area contributed by atoms with Gasteiger partial charge < -0.3 is 5.73 Å². The Labute approximate surface area is 102 Å². The molecule has 2 N–H and O–H groups in total. The summed E-state index contributed by atoms with van der Waals surface area (Å²) in [7, 11) is 0. The van der Waals surface area contributed by atoms with Crippen molar-refractivity contribution in [1.29, 1.82) is 0 Å². The van der Waals surface area contributed by atoms with E-state index < -0.39 is 16.8 Å². The minimum Gasteiger partial charge on any atom is -0.399 e. The number of anilines is 2. The smallest absolute Gasteiger partial charge is 0.155 e. The second kappa shape index (κ2) is 4.60. The molecular weight excluding hydrogens is 241 g/mol. The van der Waals surface area contributed by atoms with E-state index in [9.17, 15) is 13.4 Å². The molecule has 2 nitrogen and oxygen atoms in total. The maximum absolute atomic E-state index is 13.7. The molecule has 5 heteroatoms. The molecule has 0 unspecified atom stereocenters. The monoisotopic (exact) mass is 252 g/mol. The molecule has 0 aliphatic rings. The molecule has 2 rings (SSSR count). The van der Waals surface area contributed by atoms with E-state index in [4.69, 9.17) is 5.73 Å². The van der Waals surface area contributed by atoms with Gasteiger partial charge in [-0.1, -0.05) is 27.2 Å². The van der Waals surface area contributed by atoms with E-state index in [0.717, 1.165) is 11.6 Å². The highest BCUT2D eigenvalue weighted by molar-refractivity contribution is 5.71. The lowest BCUT2D eigenvalue weighted by Crippen LogP contribution is -2.01. The van der Waals surface area contributed by atoms with Gasteiger partial charge >= 0.3 is 0 Å². The van der Waals surface area contributed by atoms with Crippen LogP contribution in [0.2, 0.25) is 0 Å². The number of nitrogen functional groups attached to an aromatic ring is 1. The third-order valence-electron chi connectivity index (χ3n) is 2.77. The van der Waals surface area contributed by atoms with Crippen LogP contribution in [-0.4, -0.2) is 0 Å². The van der Waals surface area contributed by atoms with E-state index in [2.05, 4.69) is 0 Å². The summed E-state index contributed by atoms with van der Waals surface area (Å²) in [6, 6.07) is 9.31. The number of nitrogens with zero attached hydrogens (tertiary/aromatic N) is 1. The Morgan fingerprint density at radius 1 is 1.00 bits per heavy atom. The highest BCUT2D eigenvalue weighted by Gasteiger charge is 2.16. The minimum atomic E-state index is -1.23. The molecule has 18 heavy (non-hydrogen) atoms. The van der Waals surface area contributed by atoms with E-state index in [1.807, 2.05) is 0 Å². The summed E-state index contributed by atoms with van der Waals surface area (Å²) in [4.78, 5) is 0. The first-order valence-corrected chi connectivity index (χ1v) is 5.27. The molecule has 0 saturated carbocycles. The first kappa shape index (κ1) is 12.3. The van der Waals surface area contributed by atoms with Crippen molar-refractivity contribution in [2.45, 2.75) is 6.92 Å². The molecule has 0 spiro atoms. The summed E-state index contributed by atoms with van der Waals surface area (Å²) in [5, 5.41) is -1.23. The molecule has 0 heterocycles. The van der Waals surface area contributed by atoms with E-state index in [0.29, 0.717) is 11.3 Å². The van der Waals surface area contributed by atoms with E-state index >= 15 is 0 Å². The zero-order valence-corrected chi connectivity index (χ0v) is 9.62. The minimum absolute atomic E-state index is 0.178. The van der Waals surface area contributed by atoms with Gasteiger partial charge in [-0.2, -0.15) is 0 Å². The molecule has 2 aromatic rings. The highest BCUT2D eigenvalue weighted by atomic mass is 19.4. The number of hydrogen-bond donors (Lipinski definition) is 1. The molecule has 0 atom stereocenters. The summed E-state index contributed by atoms with van der Waals surface area (Å²) in [6.45, 7) is 1.47. The zero-order chi connectivity index (χ0) is 13.3. The van der Waals surface area contributed by atoms with Gasteiger partial charge in [0.2, 0.25) is 0 Å². The predicted octanol–water partition coefficient (Wildman–Crippen LogP) is 3.96. The molecule has 0 aliphatic carbocycles. The van der Waals surface area contributed by atoms with Crippen molar-refractivity contribution in [2.75, 3.05) is 11.1 Å². The Bertz CT molecular complexity index is 565. The fourth-order valence-electron chi connectivity index (χ4n) is 1.78. The zero-order valence-electron chi connectivity index (χ0n) is 9.62. The number of hydrogen-bond acceptors (Lipinski definition) is 2. The average molecular weight is 252 g/mol. The van der Waals surface area contributed by atoms with Crippen LogP contribution in [0.1, 0.15) is 5.56 Å². The Hall–Kier alpha value is -2.17. The third kappa shape index (κ3) is 2.11. The fourth-order valence-corrected chi connectivity index (χ4v) is 1.78. The molecule has 0 amide bonds. The normalized spacial score (nSPS) is 10.4. The Morgan fingerprint density at radius 3 is 2.17 bits per heavy atom. The molecule has 0 bridgehead atoms. The van der Waals surface area contributed by atoms with Crippen molar-refractivity contribution in [3.8, 4) is 11.1 Å². The van der Waals surface area contributed by atoms with Crippen LogP contribution in [0.25, 0.3) is 11.1 Å². The second-order valence-corrected chi connectivity index (χ2v) is 3.93. The average Bonchev–Trinajstić information content (AvgIpc) is 2.33. The van der Waals surface area contributed by atoms with Crippen LogP contribution < -0.4 is 11.1 Å². The molecule has 0 radical (unpaired) electrons. The molecule has 0 fully saturated rings. The van der Waals surface area contributed by atoms with Gasteiger partial charge in [-0.15, -0.1) is 0 Å². The van der Waals surface area contributed by atoms with E-state index in [-0.39, 0.29) is 5.56 Å². The van der Waals surface area contributed by atoms with E-state index in [1.165, 1.54) is 13.0 Å². The SMILES string of the molecule is Cc1c(-c2ccc(N)cc2)ccc(N(F)F)c1F. The van der Waals surface area contributed by atoms with Gasteiger partial charge in [0.15, 0.2) is 5.82 Å². The molecule has 0 aliphatic heterocycles. The number of halogens is 3. The van der Waals surface area contributed by atoms with Gasteiger partial charge in [0.1, 0.15) is 5.69 Å². The summed E-state index contributed by atoms with van der Waals surface area (Å²) in [5.41, 5.74) is 6.90. The van der Waals surface area contributed by atoms with E-state index in [1.54, 1.807) is 24.3 Å². The highest BCUT2D eigenvalue weighted by Crippen LogP contribution is 2.31. The maximum Gasteiger partial charge on any atom is 0.155 e. The molecule has 0 saturated heterocycles. The predicted molar refractivity (Wildman–Crippen MR) is 65.7 cm³/mol. The first-order valence-electron chi connectivity index (χ1n) is 5.27. The Balaban J connectivity index is 2.53. The summed E-state index contributed by atoms with van der Waals surface area (Å²) < 4.78 is 38.5. The number of nitrogens with two attached hydrogens (primary N) is 1. The van der Waals surface area contributed by atoms with Crippen molar-refractivity contribution in [2.24, 2.45) is 0 Å². The number of rotatable bonds is 2. The molecule has 2 aromatic carbocycles. The Kier molecular flexibility index (Phi) is 3.14.